The van der Waals surface area contributed by atoms with Gasteiger partial charge in [0.1, 0.15) is 12.4 Å². The summed E-state index contributed by atoms with van der Waals surface area (Å²) in [4.78, 5) is 27.4. The van der Waals surface area contributed by atoms with E-state index in [1.54, 1.807) is 12.1 Å². The maximum Gasteiger partial charge on any atom is 0.410 e. The largest absolute Gasteiger partial charge is 0.445 e. The molecule has 4 rings (SSSR count). The molecule has 2 heterocycles. The minimum Gasteiger partial charge on any atom is -0.445 e. The quantitative estimate of drug-likeness (QED) is 0.768. The lowest BCUT2D eigenvalue weighted by molar-refractivity contribution is -0.124. The van der Waals surface area contributed by atoms with Crippen LogP contribution in [0.1, 0.15) is 42.4 Å². The molecule has 2 aliphatic rings. The summed E-state index contributed by atoms with van der Waals surface area (Å²) >= 11 is 0. The van der Waals surface area contributed by atoms with E-state index < -0.39 is 0 Å². The highest BCUT2D eigenvalue weighted by Crippen LogP contribution is 2.39. The molecule has 2 bridgehead atoms. The third-order valence-corrected chi connectivity index (χ3v) is 6.04. The minimum atomic E-state index is -0.269. The molecule has 5 nitrogen and oxygen atoms in total. The Morgan fingerprint density at radius 2 is 1.69 bits per heavy atom. The van der Waals surface area contributed by atoms with Crippen LogP contribution in [0.4, 0.5) is 4.79 Å². The van der Waals surface area contributed by atoms with Crippen LogP contribution in [0.3, 0.4) is 0 Å². The zero-order chi connectivity index (χ0) is 20.2. The predicted octanol–water partition coefficient (Wildman–Crippen LogP) is 4.25. The van der Waals surface area contributed by atoms with Gasteiger partial charge in [-0.15, -0.1) is 0 Å². The van der Waals surface area contributed by atoms with Gasteiger partial charge in [0.15, 0.2) is 0 Å². The van der Waals surface area contributed by atoms with Gasteiger partial charge in [-0.25, -0.2) is 4.79 Å². The normalized spacial score (nSPS) is 22.7. The van der Waals surface area contributed by atoms with Crippen molar-refractivity contribution < 1.29 is 14.3 Å². The van der Waals surface area contributed by atoms with E-state index in [9.17, 15) is 9.59 Å². The van der Waals surface area contributed by atoms with Crippen molar-refractivity contribution >= 4 is 11.9 Å². The van der Waals surface area contributed by atoms with Gasteiger partial charge in [0.05, 0.1) is 11.6 Å². The van der Waals surface area contributed by atoms with Crippen molar-refractivity contribution in [2.75, 3.05) is 0 Å². The van der Waals surface area contributed by atoms with Crippen molar-refractivity contribution in [3.63, 3.8) is 0 Å². The molecule has 0 N–H and O–H groups in total. The predicted molar refractivity (Wildman–Crippen MR) is 108 cm³/mol. The summed E-state index contributed by atoms with van der Waals surface area (Å²) < 4.78 is 5.54. The molecule has 2 unspecified atom stereocenters. The number of carbonyl (C=O) groups is 2. The highest BCUT2D eigenvalue weighted by molar-refractivity contribution is 5.84. The molecule has 0 spiro atoms. The fourth-order valence-corrected chi connectivity index (χ4v) is 4.63. The Morgan fingerprint density at radius 3 is 2.38 bits per heavy atom. The topological polar surface area (TPSA) is 70.4 Å². The summed E-state index contributed by atoms with van der Waals surface area (Å²) in [6.45, 7) is 0.271. The molecule has 2 aromatic carbocycles. The molecule has 2 saturated heterocycles. The van der Waals surface area contributed by atoms with E-state index in [4.69, 9.17) is 10.00 Å². The van der Waals surface area contributed by atoms with Crippen LogP contribution in [-0.2, 0) is 22.6 Å². The number of fused-ring (bicyclic) bond motifs is 2. The lowest BCUT2D eigenvalue weighted by atomic mass is 9.85. The third-order valence-electron chi connectivity index (χ3n) is 6.04. The summed E-state index contributed by atoms with van der Waals surface area (Å²) in [7, 11) is 0. The molecule has 148 valence electrons. The Labute approximate surface area is 170 Å². The van der Waals surface area contributed by atoms with Crippen LogP contribution >= 0.6 is 0 Å². The zero-order valence-corrected chi connectivity index (χ0v) is 16.3. The van der Waals surface area contributed by atoms with E-state index >= 15 is 0 Å². The summed E-state index contributed by atoms with van der Waals surface area (Å²) in [6, 6.07) is 19.2. The highest BCUT2D eigenvalue weighted by Gasteiger charge is 2.45. The second kappa shape index (κ2) is 8.48. The van der Waals surface area contributed by atoms with Crippen molar-refractivity contribution in [2.45, 2.75) is 50.8 Å². The number of carbonyl (C=O) groups excluding carboxylic acids is 2. The zero-order valence-electron chi connectivity index (χ0n) is 16.3. The Balaban J connectivity index is 1.35. The van der Waals surface area contributed by atoms with Gasteiger partial charge >= 0.3 is 6.09 Å². The number of hydrogen-bond donors (Lipinski definition) is 0. The smallest absolute Gasteiger partial charge is 0.410 e. The maximum atomic E-state index is 12.9. The fourth-order valence-electron chi connectivity index (χ4n) is 4.63. The molecule has 2 aliphatic heterocycles. The number of benzene rings is 2. The van der Waals surface area contributed by atoms with E-state index in [-0.39, 0.29) is 36.5 Å². The Hall–Kier alpha value is -3.13. The number of Topliss-reactive ketones (excluding diaryl/α,β-unsaturated/α-hetero) is 1. The Morgan fingerprint density at radius 1 is 1.00 bits per heavy atom. The third kappa shape index (κ3) is 4.32. The molecule has 0 aromatic heterocycles. The van der Waals surface area contributed by atoms with E-state index in [1.807, 2.05) is 47.4 Å². The summed E-state index contributed by atoms with van der Waals surface area (Å²) in [5, 5.41) is 9.04. The number of nitriles is 1. The van der Waals surface area contributed by atoms with E-state index in [1.165, 1.54) is 0 Å². The van der Waals surface area contributed by atoms with Crippen LogP contribution in [0.15, 0.2) is 54.6 Å². The van der Waals surface area contributed by atoms with Crippen molar-refractivity contribution in [1.29, 1.82) is 5.26 Å². The maximum absolute atomic E-state index is 12.9. The van der Waals surface area contributed by atoms with Gasteiger partial charge in [-0.2, -0.15) is 5.26 Å². The number of hydrogen-bond acceptors (Lipinski definition) is 4. The van der Waals surface area contributed by atoms with E-state index in [0.29, 0.717) is 24.8 Å². The van der Waals surface area contributed by atoms with Gasteiger partial charge in [0, 0.05) is 24.4 Å². The molecule has 1 amide bonds. The van der Waals surface area contributed by atoms with Crippen molar-refractivity contribution in [1.82, 2.24) is 4.90 Å². The Kier molecular flexibility index (Phi) is 5.62. The average molecular weight is 388 g/mol. The lowest BCUT2D eigenvalue weighted by Gasteiger charge is -2.37. The monoisotopic (exact) mass is 388 g/mol. The molecule has 5 heteroatoms. The fraction of sp³-hybridized carbons (Fsp3) is 0.375. The first-order valence-electron chi connectivity index (χ1n) is 10.1. The van der Waals surface area contributed by atoms with Gasteiger partial charge in [0.2, 0.25) is 0 Å². The number of ketones is 1. The molecule has 0 aliphatic carbocycles. The highest BCUT2D eigenvalue weighted by atomic mass is 16.6. The van der Waals surface area contributed by atoms with Gasteiger partial charge in [-0.3, -0.25) is 4.79 Å². The van der Waals surface area contributed by atoms with Crippen molar-refractivity contribution in [3.05, 3.63) is 71.3 Å². The van der Waals surface area contributed by atoms with Gasteiger partial charge < -0.3 is 9.64 Å². The van der Waals surface area contributed by atoms with Crippen LogP contribution in [0.25, 0.3) is 0 Å². The van der Waals surface area contributed by atoms with Gasteiger partial charge in [-0.05, 0) is 48.9 Å². The number of piperidine rings is 1. The first kappa shape index (κ1) is 19.2. The number of amides is 1. The summed E-state index contributed by atoms with van der Waals surface area (Å²) in [6.07, 6.45) is 3.34. The number of rotatable bonds is 5. The first-order valence-corrected chi connectivity index (χ1v) is 10.1. The van der Waals surface area contributed by atoms with Crippen molar-refractivity contribution in [2.24, 2.45) is 5.92 Å². The molecule has 29 heavy (non-hydrogen) atoms. The molecule has 2 atom stereocenters. The molecule has 0 radical (unpaired) electrons. The lowest BCUT2D eigenvalue weighted by Crippen LogP contribution is -2.48. The first-order chi connectivity index (χ1) is 14.1. The number of nitrogens with zero attached hydrogens (tertiary/aromatic N) is 2. The van der Waals surface area contributed by atoms with E-state index in [0.717, 1.165) is 24.0 Å². The molecular weight excluding hydrogens is 364 g/mol. The average Bonchev–Trinajstić information content (AvgIpc) is 3.02. The minimum absolute atomic E-state index is 0.0311. The van der Waals surface area contributed by atoms with Crippen LogP contribution in [0, 0.1) is 17.2 Å². The summed E-state index contributed by atoms with van der Waals surface area (Å²) in [5.41, 5.74) is 2.43. The summed E-state index contributed by atoms with van der Waals surface area (Å²) in [5.74, 6) is 0.172. The molecule has 2 aromatic rings. The number of ether oxygens (including phenoxy) is 1. The van der Waals surface area contributed by atoms with Crippen LogP contribution in [0.2, 0.25) is 0 Å². The van der Waals surface area contributed by atoms with E-state index in [2.05, 4.69) is 6.07 Å². The second-order valence-electron chi connectivity index (χ2n) is 7.96. The van der Waals surface area contributed by atoms with Crippen LogP contribution in [-0.4, -0.2) is 28.9 Å². The van der Waals surface area contributed by atoms with Crippen LogP contribution in [0.5, 0.6) is 0 Å². The Bertz CT molecular complexity index is 921. The van der Waals surface area contributed by atoms with Gasteiger partial charge in [-0.1, -0.05) is 42.5 Å². The standard InChI is InChI=1S/C24H24N2O3/c25-15-19-8-4-7-18(11-19)12-23(27)20-13-21-9-10-22(14-20)26(21)24(28)29-16-17-5-2-1-3-6-17/h1-8,11,20-22H,9-10,12-14,16H2. The molecular formula is C24H24N2O3. The SMILES string of the molecule is N#Cc1cccc(CC(=O)C2CC3CCC(C2)N3C(=O)OCc2ccccc2)c1. The van der Waals surface area contributed by atoms with Gasteiger partial charge in [0.25, 0.3) is 0 Å². The molecule has 0 saturated carbocycles. The molecule has 2 fully saturated rings. The second-order valence-corrected chi connectivity index (χ2v) is 7.96. The van der Waals surface area contributed by atoms with Crippen LogP contribution < -0.4 is 0 Å². The van der Waals surface area contributed by atoms with Crippen molar-refractivity contribution in [3.8, 4) is 6.07 Å².